The molecule has 0 bridgehead atoms. The van der Waals surface area contributed by atoms with Crippen molar-refractivity contribution in [1.82, 2.24) is 24.9 Å². The summed E-state index contributed by atoms with van der Waals surface area (Å²) in [4.78, 5) is 36.1. The number of hydroxylamine groups is 1. The average molecular weight is 602 g/mol. The molecule has 0 unspecified atom stereocenters. The number of fused-ring (bicyclic) bond motifs is 1. The Morgan fingerprint density at radius 1 is 0.911 bits per heavy atom. The van der Waals surface area contributed by atoms with Gasteiger partial charge in [0.15, 0.2) is 0 Å². The number of ether oxygens (including phenoxy) is 1. The van der Waals surface area contributed by atoms with E-state index in [2.05, 4.69) is 49.5 Å². The van der Waals surface area contributed by atoms with Crippen molar-refractivity contribution < 1.29 is 19.5 Å². The highest BCUT2D eigenvalue weighted by atomic mass is 16.5. The van der Waals surface area contributed by atoms with E-state index in [0.717, 1.165) is 54.9 Å². The zero-order valence-corrected chi connectivity index (χ0v) is 24.6. The van der Waals surface area contributed by atoms with E-state index in [1.807, 2.05) is 72.4 Å². The van der Waals surface area contributed by atoms with Crippen molar-refractivity contribution >= 4 is 34.5 Å². The molecule has 3 aromatic carbocycles. The molecule has 1 saturated heterocycles. The molecule has 11 heteroatoms. The Bertz CT molecular complexity index is 1900. The molecule has 1 aliphatic heterocycles. The van der Waals surface area contributed by atoms with Crippen molar-refractivity contribution in [3.05, 3.63) is 107 Å². The van der Waals surface area contributed by atoms with E-state index in [-0.39, 0.29) is 11.6 Å². The molecule has 45 heavy (non-hydrogen) atoms. The third kappa shape index (κ3) is 7.17. The number of aryl methyl sites for hydroxylation is 1. The largest absolute Gasteiger partial charge is 0.379 e. The number of nitrogens with one attached hydrogen (secondary N) is 3. The molecule has 11 nitrogen and oxygen atoms in total. The minimum Gasteiger partial charge on any atom is -0.379 e. The summed E-state index contributed by atoms with van der Waals surface area (Å²) in [5.41, 5.74) is 7.02. The summed E-state index contributed by atoms with van der Waals surface area (Å²) in [5, 5.41) is 15.5. The van der Waals surface area contributed by atoms with Crippen LogP contribution in [-0.2, 0) is 18.3 Å². The van der Waals surface area contributed by atoms with E-state index < -0.39 is 11.9 Å². The zero-order chi connectivity index (χ0) is 31.2. The van der Waals surface area contributed by atoms with Gasteiger partial charge < -0.3 is 14.6 Å². The van der Waals surface area contributed by atoms with Gasteiger partial charge in [0.25, 0.3) is 5.91 Å². The monoisotopic (exact) mass is 601 g/mol. The van der Waals surface area contributed by atoms with E-state index in [9.17, 15) is 14.8 Å². The number of anilines is 2. The lowest BCUT2D eigenvalue weighted by Gasteiger charge is -2.26. The summed E-state index contributed by atoms with van der Waals surface area (Å²) in [6.45, 7) is 4.35. The quantitative estimate of drug-likeness (QED) is 0.127. The van der Waals surface area contributed by atoms with Crippen molar-refractivity contribution in [2.45, 2.75) is 6.54 Å². The van der Waals surface area contributed by atoms with Crippen LogP contribution in [0.1, 0.15) is 27.2 Å². The molecule has 0 saturated carbocycles. The van der Waals surface area contributed by atoms with Gasteiger partial charge in [-0.1, -0.05) is 42.2 Å². The number of carbonyl (C=O) groups is 2. The van der Waals surface area contributed by atoms with Gasteiger partial charge in [-0.2, -0.15) is 0 Å². The normalized spacial score (nSPS) is 13.1. The van der Waals surface area contributed by atoms with Crippen LogP contribution in [0, 0.1) is 11.8 Å². The zero-order valence-electron chi connectivity index (χ0n) is 24.6. The fourth-order valence-corrected chi connectivity index (χ4v) is 5.07. The van der Waals surface area contributed by atoms with Crippen LogP contribution >= 0.6 is 0 Å². The molecule has 0 radical (unpaired) electrons. The number of urea groups is 1. The molecule has 3 amide bonds. The van der Waals surface area contributed by atoms with Crippen LogP contribution < -0.4 is 16.1 Å². The summed E-state index contributed by atoms with van der Waals surface area (Å²) >= 11 is 0. The molecule has 226 valence electrons. The Kier molecular flexibility index (Phi) is 8.79. The SMILES string of the molecule is Cn1ccc2c(NC(=O)Nc3nc(C(=O)NO)cc(-c4ccc(C#Cc5ccc(CN6CCOCC6)cc5)cc4)n3)cccc21. The van der Waals surface area contributed by atoms with Crippen molar-refractivity contribution in [2.75, 3.05) is 36.9 Å². The van der Waals surface area contributed by atoms with Crippen LogP contribution in [0.4, 0.5) is 16.4 Å². The molecule has 0 atom stereocenters. The molecule has 3 heterocycles. The number of rotatable bonds is 6. The van der Waals surface area contributed by atoms with Crippen molar-refractivity contribution in [2.24, 2.45) is 7.05 Å². The van der Waals surface area contributed by atoms with Crippen LogP contribution in [0.25, 0.3) is 22.2 Å². The summed E-state index contributed by atoms with van der Waals surface area (Å²) in [7, 11) is 1.92. The lowest BCUT2D eigenvalue weighted by atomic mass is 10.1. The number of carbonyl (C=O) groups excluding carboxylic acids is 2. The van der Waals surface area contributed by atoms with E-state index in [4.69, 9.17) is 4.74 Å². The van der Waals surface area contributed by atoms with Crippen LogP contribution in [0.5, 0.6) is 0 Å². The van der Waals surface area contributed by atoms with E-state index in [1.165, 1.54) is 11.6 Å². The number of nitrogens with zero attached hydrogens (tertiary/aromatic N) is 4. The first-order chi connectivity index (χ1) is 21.9. The van der Waals surface area contributed by atoms with Crippen LogP contribution in [0.3, 0.4) is 0 Å². The second kappa shape index (κ2) is 13.4. The minimum atomic E-state index is -0.838. The van der Waals surface area contributed by atoms with Crippen molar-refractivity contribution in [3.63, 3.8) is 0 Å². The maximum Gasteiger partial charge on any atom is 0.326 e. The van der Waals surface area contributed by atoms with Crippen LogP contribution in [0.15, 0.2) is 85.1 Å². The highest BCUT2D eigenvalue weighted by Gasteiger charge is 2.15. The summed E-state index contributed by atoms with van der Waals surface area (Å²) in [6.07, 6.45) is 1.90. The summed E-state index contributed by atoms with van der Waals surface area (Å²) in [6, 6.07) is 23.9. The first-order valence-electron chi connectivity index (χ1n) is 14.4. The molecule has 4 N–H and O–H groups in total. The Balaban J connectivity index is 1.16. The Labute approximate surface area is 259 Å². The lowest BCUT2D eigenvalue weighted by Crippen LogP contribution is -2.35. The summed E-state index contributed by atoms with van der Waals surface area (Å²) in [5.74, 6) is 5.44. The van der Waals surface area contributed by atoms with Crippen LogP contribution in [-0.4, -0.2) is 62.9 Å². The first kappa shape index (κ1) is 29.5. The van der Waals surface area contributed by atoms with Gasteiger partial charge in [0.05, 0.1) is 24.6 Å². The number of morpholine rings is 1. The average Bonchev–Trinajstić information content (AvgIpc) is 3.46. The first-order valence-corrected chi connectivity index (χ1v) is 14.4. The van der Waals surface area contributed by atoms with Crippen LogP contribution in [0.2, 0.25) is 0 Å². The van der Waals surface area contributed by atoms with Gasteiger partial charge in [-0.15, -0.1) is 0 Å². The van der Waals surface area contributed by atoms with Gasteiger partial charge in [0, 0.05) is 60.5 Å². The second-order valence-corrected chi connectivity index (χ2v) is 10.6. The molecular formula is C34H31N7O4. The summed E-state index contributed by atoms with van der Waals surface area (Å²) < 4.78 is 7.37. The Morgan fingerprint density at radius 3 is 2.33 bits per heavy atom. The molecule has 5 aromatic rings. The number of hydrogen-bond acceptors (Lipinski definition) is 7. The Morgan fingerprint density at radius 2 is 1.62 bits per heavy atom. The number of amides is 3. The molecule has 0 aliphatic carbocycles. The minimum absolute atomic E-state index is 0.107. The fourth-order valence-electron chi connectivity index (χ4n) is 5.07. The van der Waals surface area contributed by atoms with E-state index >= 15 is 0 Å². The predicted octanol–water partition coefficient (Wildman–Crippen LogP) is 4.63. The second-order valence-electron chi connectivity index (χ2n) is 10.6. The molecule has 6 rings (SSSR count). The van der Waals surface area contributed by atoms with Gasteiger partial charge in [-0.3, -0.25) is 20.2 Å². The highest BCUT2D eigenvalue weighted by Crippen LogP contribution is 2.25. The van der Waals surface area contributed by atoms with E-state index in [1.54, 1.807) is 11.5 Å². The van der Waals surface area contributed by atoms with Crippen molar-refractivity contribution in [1.29, 1.82) is 0 Å². The lowest BCUT2D eigenvalue weighted by molar-refractivity contribution is 0.0342. The molecule has 1 aliphatic rings. The number of aromatic nitrogens is 3. The maximum absolute atomic E-state index is 12.9. The van der Waals surface area contributed by atoms with Gasteiger partial charge in [-0.25, -0.2) is 20.2 Å². The predicted molar refractivity (Wildman–Crippen MR) is 171 cm³/mol. The number of benzene rings is 3. The van der Waals surface area contributed by atoms with E-state index in [0.29, 0.717) is 16.9 Å². The van der Waals surface area contributed by atoms with Gasteiger partial charge >= 0.3 is 6.03 Å². The van der Waals surface area contributed by atoms with Gasteiger partial charge in [0.1, 0.15) is 5.69 Å². The van der Waals surface area contributed by atoms with Gasteiger partial charge in [0.2, 0.25) is 5.95 Å². The third-order valence-electron chi connectivity index (χ3n) is 7.46. The third-order valence-corrected chi connectivity index (χ3v) is 7.46. The molecule has 1 fully saturated rings. The number of hydrogen-bond donors (Lipinski definition) is 4. The molecular weight excluding hydrogens is 570 g/mol. The fraction of sp³-hybridized carbons (Fsp3) is 0.176. The molecule has 0 spiro atoms. The Hall–Kier alpha value is -5.54. The smallest absolute Gasteiger partial charge is 0.326 e. The van der Waals surface area contributed by atoms with Crippen molar-refractivity contribution in [3.8, 4) is 23.1 Å². The maximum atomic E-state index is 12.9. The highest BCUT2D eigenvalue weighted by molar-refractivity contribution is 6.05. The van der Waals surface area contributed by atoms with Gasteiger partial charge in [-0.05, 0) is 54.1 Å². The standard InChI is InChI=1S/C34H31N7O4/c1-40-16-15-27-28(3-2-4-31(27)40)37-34(43)38-33-35-29(21-30(36-33)32(42)39-44)26-13-11-24(12-14-26)6-5-23-7-9-25(10-8-23)22-41-17-19-45-20-18-41/h2-4,7-16,21,44H,17-20,22H2,1H3,(H,39,42)(H2,35,36,37,38,43). The topological polar surface area (TPSA) is 134 Å². The molecule has 2 aromatic heterocycles.